The van der Waals surface area contributed by atoms with Crippen LogP contribution >= 0.6 is 27.5 Å². The van der Waals surface area contributed by atoms with E-state index in [0.717, 1.165) is 5.56 Å². The fraction of sp³-hybridized carbons (Fsp3) is 0.143. The summed E-state index contributed by atoms with van der Waals surface area (Å²) in [6, 6.07) is 9.97. The van der Waals surface area contributed by atoms with Crippen LogP contribution < -0.4 is 10.1 Å². The van der Waals surface area contributed by atoms with E-state index in [1.54, 1.807) is 30.3 Å². The van der Waals surface area contributed by atoms with Crippen LogP contribution in [0.5, 0.6) is 11.5 Å². The number of benzene rings is 2. The molecule has 5 heteroatoms. The molecule has 0 saturated heterocycles. The molecule has 19 heavy (non-hydrogen) atoms. The van der Waals surface area contributed by atoms with E-state index in [4.69, 9.17) is 16.3 Å². The molecular formula is C14H12BrClFNO. The van der Waals surface area contributed by atoms with Gasteiger partial charge in [-0.15, -0.1) is 0 Å². The van der Waals surface area contributed by atoms with Gasteiger partial charge >= 0.3 is 0 Å². The molecule has 0 aliphatic carbocycles. The fourth-order valence-corrected chi connectivity index (χ4v) is 2.23. The highest BCUT2D eigenvalue weighted by molar-refractivity contribution is 9.10. The van der Waals surface area contributed by atoms with E-state index >= 15 is 0 Å². The smallest absolute Gasteiger partial charge is 0.166 e. The molecule has 2 aromatic rings. The van der Waals surface area contributed by atoms with Crippen molar-refractivity contribution in [2.24, 2.45) is 0 Å². The monoisotopic (exact) mass is 343 g/mol. The second kappa shape index (κ2) is 6.37. The van der Waals surface area contributed by atoms with Crippen LogP contribution in [0.4, 0.5) is 4.39 Å². The van der Waals surface area contributed by atoms with Crippen molar-refractivity contribution in [1.82, 2.24) is 5.32 Å². The van der Waals surface area contributed by atoms with E-state index in [1.807, 2.05) is 7.05 Å². The van der Waals surface area contributed by atoms with E-state index in [-0.39, 0.29) is 5.75 Å². The molecule has 0 aliphatic heterocycles. The zero-order chi connectivity index (χ0) is 13.8. The lowest BCUT2D eigenvalue weighted by Crippen LogP contribution is -2.07. The molecule has 0 aliphatic rings. The van der Waals surface area contributed by atoms with Gasteiger partial charge in [-0.05, 0) is 37.4 Å². The molecule has 0 fully saturated rings. The number of nitrogens with one attached hydrogen (secondary N) is 1. The lowest BCUT2D eigenvalue weighted by molar-refractivity contribution is 0.436. The summed E-state index contributed by atoms with van der Waals surface area (Å²) in [5.41, 5.74) is 0.800. The number of ether oxygens (including phenoxy) is 1. The molecule has 0 saturated carbocycles. The van der Waals surface area contributed by atoms with Crippen molar-refractivity contribution in [2.45, 2.75) is 6.54 Å². The topological polar surface area (TPSA) is 21.3 Å². The van der Waals surface area contributed by atoms with Gasteiger partial charge in [0.25, 0.3) is 0 Å². The van der Waals surface area contributed by atoms with Crippen molar-refractivity contribution in [3.05, 3.63) is 57.3 Å². The van der Waals surface area contributed by atoms with E-state index in [0.29, 0.717) is 21.8 Å². The van der Waals surface area contributed by atoms with Crippen LogP contribution in [-0.4, -0.2) is 7.05 Å². The molecule has 0 aromatic heterocycles. The molecule has 1 N–H and O–H groups in total. The van der Waals surface area contributed by atoms with Crippen LogP contribution in [0.15, 0.2) is 40.9 Å². The van der Waals surface area contributed by atoms with E-state index in [1.165, 1.54) is 6.07 Å². The predicted octanol–water partition coefficient (Wildman–Crippen LogP) is 4.75. The minimum absolute atomic E-state index is 0.169. The zero-order valence-electron chi connectivity index (χ0n) is 10.2. The Balaban J connectivity index is 2.35. The standard InChI is InChI=1S/C14H12BrClFNO/c1-18-8-10-11(16)3-2-4-13(10)19-14-6-5-9(15)7-12(14)17/h2-7,18H,8H2,1H3. The van der Waals surface area contributed by atoms with Crippen molar-refractivity contribution >= 4 is 27.5 Å². The van der Waals surface area contributed by atoms with Crippen molar-refractivity contribution in [3.8, 4) is 11.5 Å². The van der Waals surface area contributed by atoms with Gasteiger partial charge in [0.2, 0.25) is 0 Å². The average Bonchev–Trinajstić information content (AvgIpc) is 2.37. The first-order valence-corrected chi connectivity index (χ1v) is 6.84. The minimum atomic E-state index is -0.426. The normalized spacial score (nSPS) is 10.5. The summed E-state index contributed by atoms with van der Waals surface area (Å²) < 4.78 is 20.0. The Labute approximate surface area is 124 Å². The first-order valence-electron chi connectivity index (χ1n) is 5.66. The number of rotatable bonds is 4. The third-order valence-corrected chi connectivity index (χ3v) is 3.39. The Bertz CT molecular complexity index is 592. The summed E-state index contributed by atoms with van der Waals surface area (Å²) in [5.74, 6) is 0.288. The summed E-state index contributed by atoms with van der Waals surface area (Å²) in [6.45, 7) is 0.549. The van der Waals surface area contributed by atoms with Gasteiger partial charge in [0.1, 0.15) is 5.75 Å². The van der Waals surface area contributed by atoms with Gasteiger partial charge in [0, 0.05) is 21.6 Å². The highest BCUT2D eigenvalue weighted by atomic mass is 79.9. The highest BCUT2D eigenvalue weighted by Crippen LogP contribution is 2.32. The quantitative estimate of drug-likeness (QED) is 0.864. The Morgan fingerprint density at radius 1 is 1.26 bits per heavy atom. The number of hydrogen-bond acceptors (Lipinski definition) is 2. The number of hydrogen-bond donors (Lipinski definition) is 1. The molecule has 0 amide bonds. The predicted molar refractivity (Wildman–Crippen MR) is 78.4 cm³/mol. The molecule has 0 radical (unpaired) electrons. The van der Waals surface area contributed by atoms with Crippen molar-refractivity contribution < 1.29 is 9.13 Å². The summed E-state index contributed by atoms with van der Waals surface area (Å²) in [4.78, 5) is 0. The van der Waals surface area contributed by atoms with Gasteiger partial charge in [0.05, 0.1) is 0 Å². The van der Waals surface area contributed by atoms with E-state index in [9.17, 15) is 4.39 Å². The largest absolute Gasteiger partial charge is 0.454 e. The second-order valence-electron chi connectivity index (χ2n) is 3.92. The first kappa shape index (κ1) is 14.3. The molecule has 0 heterocycles. The van der Waals surface area contributed by atoms with Crippen molar-refractivity contribution in [1.29, 1.82) is 0 Å². The Hall–Kier alpha value is -1.10. The summed E-state index contributed by atoms with van der Waals surface area (Å²) in [5, 5.41) is 3.60. The maximum Gasteiger partial charge on any atom is 0.166 e. The average molecular weight is 345 g/mol. The van der Waals surface area contributed by atoms with Crippen LogP contribution in [0.25, 0.3) is 0 Å². The summed E-state index contributed by atoms with van der Waals surface area (Å²) in [6.07, 6.45) is 0. The zero-order valence-corrected chi connectivity index (χ0v) is 12.6. The highest BCUT2D eigenvalue weighted by Gasteiger charge is 2.11. The molecular weight excluding hydrogens is 333 g/mol. The lowest BCUT2D eigenvalue weighted by Gasteiger charge is -2.13. The third-order valence-electron chi connectivity index (χ3n) is 2.54. The molecule has 2 nitrogen and oxygen atoms in total. The first-order chi connectivity index (χ1) is 9.11. The Morgan fingerprint density at radius 3 is 2.74 bits per heavy atom. The molecule has 0 spiro atoms. The molecule has 2 rings (SSSR count). The van der Waals surface area contributed by atoms with Crippen LogP contribution in [0, 0.1) is 5.82 Å². The van der Waals surface area contributed by atoms with Crippen molar-refractivity contribution in [3.63, 3.8) is 0 Å². The van der Waals surface area contributed by atoms with E-state index in [2.05, 4.69) is 21.2 Å². The van der Waals surface area contributed by atoms with Gasteiger partial charge in [-0.25, -0.2) is 4.39 Å². The Morgan fingerprint density at radius 2 is 2.05 bits per heavy atom. The van der Waals surface area contributed by atoms with Gasteiger partial charge in [0.15, 0.2) is 11.6 Å². The van der Waals surface area contributed by atoms with Gasteiger partial charge in [-0.2, -0.15) is 0 Å². The van der Waals surface area contributed by atoms with E-state index < -0.39 is 5.82 Å². The van der Waals surface area contributed by atoms with Gasteiger partial charge in [-0.1, -0.05) is 33.6 Å². The van der Waals surface area contributed by atoms with Crippen LogP contribution in [0.1, 0.15) is 5.56 Å². The molecule has 0 bridgehead atoms. The maximum atomic E-state index is 13.8. The second-order valence-corrected chi connectivity index (χ2v) is 5.25. The Kier molecular flexibility index (Phi) is 4.80. The minimum Gasteiger partial charge on any atom is -0.454 e. The van der Waals surface area contributed by atoms with Crippen molar-refractivity contribution in [2.75, 3.05) is 7.05 Å². The van der Waals surface area contributed by atoms with Gasteiger partial charge in [-0.3, -0.25) is 0 Å². The summed E-state index contributed by atoms with van der Waals surface area (Å²) in [7, 11) is 1.81. The molecule has 0 atom stereocenters. The van der Waals surface area contributed by atoms with Gasteiger partial charge < -0.3 is 10.1 Å². The molecule has 0 unspecified atom stereocenters. The molecule has 100 valence electrons. The van der Waals surface area contributed by atoms with Crippen LogP contribution in [0.2, 0.25) is 5.02 Å². The SMILES string of the molecule is CNCc1c(Cl)cccc1Oc1ccc(Br)cc1F. The summed E-state index contributed by atoms with van der Waals surface area (Å²) >= 11 is 9.32. The van der Waals surface area contributed by atoms with Crippen LogP contribution in [-0.2, 0) is 6.54 Å². The fourth-order valence-electron chi connectivity index (χ4n) is 1.66. The third kappa shape index (κ3) is 3.47. The maximum absolute atomic E-state index is 13.8. The van der Waals surface area contributed by atoms with Crippen LogP contribution in [0.3, 0.4) is 0 Å². The number of halogens is 3. The molecule has 2 aromatic carbocycles. The lowest BCUT2D eigenvalue weighted by atomic mass is 10.2.